The SMILES string of the molecule is CC(C)CC(=O)Cl.CCOc1ccc(Cc2cc3cc(N(C)C(=O)CC(C)C)cnc3n2CC2CCOCC2)cc1.CCOc1ccc(Cc2cc3cc(NC)cnc3n2CC2CCOCC2)cc1. The average molecular weight is 964 g/mol. The second kappa shape index (κ2) is 26.5. The van der Waals surface area contributed by atoms with Gasteiger partial charge < -0.3 is 38.3 Å². The molecule has 2 aromatic carbocycles. The predicted molar refractivity (Wildman–Crippen MR) is 280 cm³/mol. The van der Waals surface area contributed by atoms with Crippen LogP contribution in [0.15, 0.2) is 85.2 Å². The van der Waals surface area contributed by atoms with Crippen molar-refractivity contribution in [2.24, 2.45) is 23.7 Å². The van der Waals surface area contributed by atoms with Gasteiger partial charge in [0.2, 0.25) is 11.1 Å². The van der Waals surface area contributed by atoms with Gasteiger partial charge in [0.25, 0.3) is 0 Å². The lowest BCUT2D eigenvalue weighted by atomic mass is 10.00. The molecule has 2 aliphatic heterocycles. The molecule has 69 heavy (non-hydrogen) atoms. The van der Waals surface area contributed by atoms with Crippen LogP contribution in [0.3, 0.4) is 0 Å². The van der Waals surface area contributed by atoms with Crippen LogP contribution in [0.5, 0.6) is 11.5 Å². The number of aromatic nitrogens is 4. The topological polar surface area (TPSA) is 122 Å². The van der Waals surface area contributed by atoms with Crippen molar-refractivity contribution in [1.82, 2.24) is 19.1 Å². The van der Waals surface area contributed by atoms with Gasteiger partial charge in [-0.15, -0.1) is 0 Å². The number of anilines is 2. The van der Waals surface area contributed by atoms with Gasteiger partial charge in [0.1, 0.15) is 22.8 Å². The Morgan fingerprint density at radius 2 is 1.14 bits per heavy atom. The molecule has 0 unspecified atom stereocenters. The molecule has 0 bridgehead atoms. The molecular formula is C56H75ClN6O6. The Morgan fingerprint density at radius 1 is 0.696 bits per heavy atom. The molecule has 1 amide bonds. The lowest BCUT2D eigenvalue weighted by Crippen LogP contribution is -2.27. The number of amides is 1. The highest BCUT2D eigenvalue weighted by Gasteiger charge is 2.22. The zero-order valence-electron chi connectivity index (χ0n) is 42.3. The smallest absolute Gasteiger partial charge is 0.227 e. The van der Waals surface area contributed by atoms with E-state index in [1.807, 2.05) is 66.3 Å². The fourth-order valence-electron chi connectivity index (χ4n) is 8.89. The Morgan fingerprint density at radius 3 is 1.55 bits per heavy atom. The van der Waals surface area contributed by atoms with Crippen molar-refractivity contribution in [1.29, 1.82) is 0 Å². The Labute approximate surface area is 415 Å². The summed E-state index contributed by atoms with van der Waals surface area (Å²) >= 11 is 5.03. The predicted octanol–water partition coefficient (Wildman–Crippen LogP) is 11.8. The molecule has 1 N–H and O–H groups in total. The minimum absolute atomic E-state index is 0.118. The lowest BCUT2D eigenvalue weighted by Gasteiger charge is -2.24. The van der Waals surface area contributed by atoms with E-state index in [2.05, 4.69) is 89.0 Å². The Kier molecular flexibility index (Phi) is 20.3. The van der Waals surface area contributed by atoms with Crippen molar-refractivity contribution in [2.75, 3.05) is 64.0 Å². The molecule has 0 aliphatic carbocycles. The van der Waals surface area contributed by atoms with Gasteiger partial charge in [-0.3, -0.25) is 9.59 Å². The molecule has 6 aromatic rings. The fourth-order valence-corrected chi connectivity index (χ4v) is 9.20. The van der Waals surface area contributed by atoms with Crippen LogP contribution >= 0.6 is 11.6 Å². The van der Waals surface area contributed by atoms with E-state index in [1.54, 1.807) is 4.90 Å². The summed E-state index contributed by atoms with van der Waals surface area (Å²) in [6.45, 7) is 18.8. The molecule has 372 valence electrons. The van der Waals surface area contributed by atoms with Crippen molar-refractivity contribution in [2.45, 2.75) is 106 Å². The number of ether oxygens (including phenoxy) is 4. The number of hydrogen-bond donors (Lipinski definition) is 1. The van der Waals surface area contributed by atoms with Crippen LogP contribution in [0.4, 0.5) is 11.4 Å². The molecule has 2 aliphatic rings. The Bertz CT molecular complexity index is 2520. The van der Waals surface area contributed by atoms with E-state index in [4.69, 9.17) is 40.5 Å². The largest absolute Gasteiger partial charge is 0.494 e. The quantitative estimate of drug-likeness (QED) is 0.0839. The second-order valence-corrected chi connectivity index (χ2v) is 19.5. The number of carbonyl (C=O) groups is 2. The summed E-state index contributed by atoms with van der Waals surface area (Å²) in [5.41, 5.74) is 9.03. The van der Waals surface area contributed by atoms with Gasteiger partial charge in [0.05, 0.1) is 37.0 Å². The molecule has 6 heterocycles. The van der Waals surface area contributed by atoms with E-state index in [0.29, 0.717) is 49.7 Å². The van der Waals surface area contributed by atoms with E-state index in [-0.39, 0.29) is 11.1 Å². The van der Waals surface area contributed by atoms with Gasteiger partial charge in [0, 0.05) is 101 Å². The van der Waals surface area contributed by atoms with Gasteiger partial charge >= 0.3 is 0 Å². The number of benzene rings is 2. The number of nitrogens with zero attached hydrogens (tertiary/aromatic N) is 5. The molecule has 8 rings (SSSR count). The third-order valence-electron chi connectivity index (χ3n) is 12.6. The molecular weight excluding hydrogens is 888 g/mol. The molecule has 0 atom stereocenters. The molecule has 4 aromatic heterocycles. The van der Waals surface area contributed by atoms with Gasteiger partial charge in [0.15, 0.2) is 0 Å². The third-order valence-corrected chi connectivity index (χ3v) is 12.8. The molecule has 0 radical (unpaired) electrons. The molecule has 2 fully saturated rings. The Balaban J connectivity index is 0.000000202. The first-order valence-corrected chi connectivity index (χ1v) is 25.4. The van der Waals surface area contributed by atoms with Crippen LogP contribution in [0, 0.1) is 23.7 Å². The minimum Gasteiger partial charge on any atom is -0.494 e. The molecule has 0 saturated carbocycles. The first-order chi connectivity index (χ1) is 33.3. The maximum absolute atomic E-state index is 12.6. The fraction of sp³-hybridized carbons (Fsp3) is 0.500. The summed E-state index contributed by atoms with van der Waals surface area (Å²) in [5, 5.41) is 5.23. The Hall–Kier alpha value is -5.43. The highest BCUT2D eigenvalue weighted by molar-refractivity contribution is 6.63. The normalized spacial score (nSPS) is 14.3. The van der Waals surface area contributed by atoms with Crippen molar-refractivity contribution in [3.05, 3.63) is 108 Å². The van der Waals surface area contributed by atoms with Crippen LogP contribution in [-0.4, -0.2) is 84.0 Å². The third kappa shape index (κ3) is 15.8. The first-order valence-electron chi connectivity index (χ1n) is 25.0. The van der Waals surface area contributed by atoms with Gasteiger partial charge in [-0.1, -0.05) is 52.0 Å². The number of rotatable bonds is 18. The summed E-state index contributed by atoms with van der Waals surface area (Å²) in [6.07, 6.45) is 10.9. The maximum atomic E-state index is 12.6. The van der Waals surface area contributed by atoms with Crippen molar-refractivity contribution in [3.8, 4) is 11.5 Å². The molecule has 13 heteroatoms. The number of pyridine rings is 2. The van der Waals surface area contributed by atoms with E-state index in [9.17, 15) is 9.59 Å². The zero-order chi connectivity index (χ0) is 49.3. The summed E-state index contributed by atoms with van der Waals surface area (Å²) in [4.78, 5) is 34.0. The summed E-state index contributed by atoms with van der Waals surface area (Å²) in [7, 11) is 3.77. The van der Waals surface area contributed by atoms with Crippen LogP contribution in [0.1, 0.15) is 103 Å². The van der Waals surface area contributed by atoms with E-state index >= 15 is 0 Å². The minimum atomic E-state index is -0.241. The monoisotopic (exact) mass is 963 g/mol. The first kappa shape index (κ1) is 52.9. The molecule has 0 spiro atoms. The summed E-state index contributed by atoms with van der Waals surface area (Å²) < 4.78 is 27.1. The van der Waals surface area contributed by atoms with E-state index in [1.165, 1.54) is 27.9 Å². The highest BCUT2D eigenvalue weighted by Crippen LogP contribution is 2.30. The van der Waals surface area contributed by atoms with Crippen molar-refractivity contribution < 1.29 is 28.5 Å². The number of fused-ring (bicyclic) bond motifs is 2. The summed E-state index contributed by atoms with van der Waals surface area (Å²) in [6, 6.07) is 25.6. The van der Waals surface area contributed by atoms with Crippen LogP contribution in [0.25, 0.3) is 22.1 Å². The maximum Gasteiger partial charge on any atom is 0.227 e. The number of nitrogens with one attached hydrogen (secondary N) is 1. The van der Waals surface area contributed by atoms with E-state index in [0.717, 1.165) is 118 Å². The molecule has 12 nitrogen and oxygen atoms in total. The number of carbonyl (C=O) groups excluding carboxylic acids is 2. The van der Waals surface area contributed by atoms with Gasteiger partial charge in [-0.25, -0.2) is 9.97 Å². The number of halogens is 1. The van der Waals surface area contributed by atoms with Gasteiger partial charge in [-0.2, -0.15) is 0 Å². The van der Waals surface area contributed by atoms with Crippen LogP contribution < -0.4 is 19.7 Å². The second-order valence-electron chi connectivity index (χ2n) is 19.1. The van der Waals surface area contributed by atoms with E-state index < -0.39 is 0 Å². The summed E-state index contributed by atoms with van der Waals surface area (Å²) in [5.74, 6) is 3.89. The number of hydrogen-bond acceptors (Lipinski definition) is 9. The molecule has 2 saturated heterocycles. The van der Waals surface area contributed by atoms with Crippen LogP contribution in [0.2, 0.25) is 0 Å². The van der Waals surface area contributed by atoms with Crippen molar-refractivity contribution in [3.63, 3.8) is 0 Å². The average Bonchev–Trinajstić information content (AvgIpc) is 3.85. The van der Waals surface area contributed by atoms with Gasteiger partial charge in [-0.05, 0) is 134 Å². The standard InChI is InChI=1S/C28H37N3O3.C23H29N3O2.C5H9ClO/c1-5-34-26-8-6-21(7-9-26)15-24-16-23-17-25(30(4)27(32)14-20(2)3)18-29-28(23)31(24)19-22-10-12-33-13-11-22;1-3-28-22-6-4-17(5-7-22)12-21-14-19-13-20(24-2)15-25-23(19)26(21)16-18-8-10-27-11-9-18;1-4(2)3-5(6)7/h6-9,16-18,20,22H,5,10-15,19H2,1-4H3;4-7,13-15,18,24H,3,8-12,16H2,1-2H3;4H,3H2,1-2H3. The highest BCUT2D eigenvalue weighted by atomic mass is 35.5. The van der Waals surface area contributed by atoms with Crippen LogP contribution in [-0.2, 0) is 45.0 Å². The lowest BCUT2D eigenvalue weighted by molar-refractivity contribution is -0.119. The van der Waals surface area contributed by atoms with Crippen molar-refractivity contribution >= 4 is 56.2 Å². The zero-order valence-corrected chi connectivity index (χ0v) is 43.0.